The monoisotopic (exact) mass is 376 g/mol. The van der Waals surface area contributed by atoms with Gasteiger partial charge in [-0.25, -0.2) is 4.39 Å². The average Bonchev–Trinajstić information content (AvgIpc) is 2.64. The molecule has 3 rings (SSSR count). The lowest BCUT2D eigenvalue weighted by Crippen LogP contribution is -2.45. The first kappa shape index (κ1) is 19.2. The number of nitrogens with zero attached hydrogens (tertiary/aromatic N) is 2. The largest absolute Gasteiger partial charge is 0.486 e. The Morgan fingerprint density at radius 3 is 2.42 bits per heavy atom. The van der Waals surface area contributed by atoms with Crippen molar-refractivity contribution in [1.82, 2.24) is 9.80 Å². The van der Waals surface area contributed by atoms with Crippen LogP contribution in [0.2, 0.25) is 5.02 Å². The molecule has 1 heterocycles. The van der Waals surface area contributed by atoms with Crippen molar-refractivity contribution in [2.45, 2.75) is 19.4 Å². The van der Waals surface area contributed by atoms with Crippen LogP contribution in [0.3, 0.4) is 0 Å². The van der Waals surface area contributed by atoms with Gasteiger partial charge in [0.1, 0.15) is 17.7 Å². The molecule has 1 saturated heterocycles. The van der Waals surface area contributed by atoms with Gasteiger partial charge in [0.25, 0.3) is 0 Å². The van der Waals surface area contributed by atoms with E-state index >= 15 is 0 Å². The third-order valence-corrected chi connectivity index (χ3v) is 5.38. The summed E-state index contributed by atoms with van der Waals surface area (Å²) in [4.78, 5) is 4.81. The van der Waals surface area contributed by atoms with E-state index in [4.69, 9.17) is 16.3 Å². The van der Waals surface area contributed by atoms with E-state index in [1.165, 1.54) is 12.1 Å². The number of likely N-dealkylation sites (N-methyl/N-ethyl adjacent to an activating group) is 1. The molecule has 0 N–H and O–H groups in total. The zero-order chi connectivity index (χ0) is 18.5. The molecule has 1 atom stereocenters. The SMILES string of the molecule is Cc1cc(OC(CCN2CCN(C)CC2)c2ccc(F)cc2)ccc1Cl. The van der Waals surface area contributed by atoms with E-state index in [9.17, 15) is 4.39 Å². The number of benzene rings is 2. The summed E-state index contributed by atoms with van der Waals surface area (Å²) in [6.07, 6.45) is 0.743. The van der Waals surface area contributed by atoms with Gasteiger partial charge in [-0.2, -0.15) is 0 Å². The molecule has 1 unspecified atom stereocenters. The molecule has 26 heavy (non-hydrogen) atoms. The van der Waals surface area contributed by atoms with Gasteiger partial charge in [-0.05, 0) is 55.4 Å². The summed E-state index contributed by atoms with van der Waals surface area (Å²) in [5, 5.41) is 0.730. The maximum absolute atomic E-state index is 13.3. The smallest absolute Gasteiger partial charge is 0.125 e. The number of piperazine rings is 1. The van der Waals surface area contributed by atoms with Crippen molar-refractivity contribution in [1.29, 1.82) is 0 Å². The van der Waals surface area contributed by atoms with E-state index in [0.717, 1.165) is 61.0 Å². The summed E-state index contributed by atoms with van der Waals surface area (Å²) in [6, 6.07) is 12.3. The number of rotatable bonds is 6. The molecule has 0 aromatic heterocycles. The number of hydrogen-bond donors (Lipinski definition) is 0. The predicted octanol–water partition coefficient (Wildman–Crippen LogP) is 4.55. The van der Waals surface area contributed by atoms with Gasteiger partial charge in [-0.3, -0.25) is 0 Å². The van der Waals surface area contributed by atoms with E-state index in [2.05, 4.69) is 16.8 Å². The van der Waals surface area contributed by atoms with Gasteiger partial charge >= 0.3 is 0 Å². The van der Waals surface area contributed by atoms with Crippen LogP contribution in [0.1, 0.15) is 23.7 Å². The minimum absolute atomic E-state index is 0.115. The second-order valence-corrected chi connectivity index (χ2v) is 7.41. The molecule has 140 valence electrons. The molecule has 0 aliphatic carbocycles. The van der Waals surface area contributed by atoms with Crippen LogP contribution >= 0.6 is 11.6 Å². The van der Waals surface area contributed by atoms with Crippen LogP contribution < -0.4 is 4.74 Å². The highest BCUT2D eigenvalue weighted by Gasteiger charge is 2.19. The van der Waals surface area contributed by atoms with Gasteiger partial charge in [-0.1, -0.05) is 23.7 Å². The van der Waals surface area contributed by atoms with E-state index in [1.54, 1.807) is 0 Å². The summed E-state index contributed by atoms with van der Waals surface area (Å²) in [7, 11) is 2.16. The van der Waals surface area contributed by atoms with Crippen LogP contribution in [-0.4, -0.2) is 49.6 Å². The maximum atomic E-state index is 13.3. The molecule has 0 amide bonds. The summed E-state index contributed by atoms with van der Waals surface area (Å²) in [5.74, 6) is 0.563. The molecule has 1 fully saturated rings. The van der Waals surface area contributed by atoms with Crippen molar-refractivity contribution in [3.63, 3.8) is 0 Å². The minimum atomic E-state index is -0.228. The van der Waals surface area contributed by atoms with E-state index in [1.807, 2.05) is 37.3 Å². The molecule has 0 bridgehead atoms. The minimum Gasteiger partial charge on any atom is -0.486 e. The predicted molar refractivity (Wildman–Crippen MR) is 105 cm³/mol. The van der Waals surface area contributed by atoms with E-state index in [-0.39, 0.29) is 11.9 Å². The fourth-order valence-corrected chi connectivity index (χ4v) is 3.31. The highest BCUT2D eigenvalue weighted by molar-refractivity contribution is 6.31. The van der Waals surface area contributed by atoms with Gasteiger partial charge in [0.05, 0.1) is 0 Å². The number of aryl methyl sites for hydroxylation is 1. The Bertz CT molecular complexity index is 714. The molecule has 1 aliphatic heterocycles. The van der Waals surface area contributed by atoms with Crippen molar-refractivity contribution in [3.05, 3.63) is 64.4 Å². The Kier molecular flexibility index (Phi) is 6.52. The maximum Gasteiger partial charge on any atom is 0.125 e. The Hall–Kier alpha value is -1.62. The molecule has 0 spiro atoms. The summed E-state index contributed by atoms with van der Waals surface area (Å²) in [6.45, 7) is 7.27. The quantitative estimate of drug-likeness (QED) is 0.735. The lowest BCUT2D eigenvalue weighted by molar-refractivity contribution is 0.123. The normalized spacial score (nSPS) is 17.2. The molecule has 1 aliphatic rings. The standard InChI is InChI=1S/C21H26ClFN2O/c1-16-15-19(7-8-20(16)22)26-21(17-3-5-18(23)6-4-17)9-10-25-13-11-24(2)12-14-25/h3-8,15,21H,9-14H2,1-2H3. The first-order chi connectivity index (χ1) is 12.5. The summed E-state index contributed by atoms with van der Waals surface area (Å²) >= 11 is 6.12. The number of halogens is 2. The van der Waals surface area contributed by atoms with Crippen LogP contribution in [0.25, 0.3) is 0 Å². The van der Waals surface area contributed by atoms with Crippen LogP contribution in [0.5, 0.6) is 5.75 Å². The van der Waals surface area contributed by atoms with Crippen molar-refractivity contribution in [2.75, 3.05) is 39.8 Å². The van der Waals surface area contributed by atoms with Gasteiger partial charge in [0.15, 0.2) is 0 Å². The fraction of sp³-hybridized carbons (Fsp3) is 0.429. The van der Waals surface area contributed by atoms with Crippen molar-refractivity contribution < 1.29 is 9.13 Å². The highest BCUT2D eigenvalue weighted by atomic mass is 35.5. The van der Waals surface area contributed by atoms with Crippen LogP contribution in [-0.2, 0) is 0 Å². The third-order valence-electron chi connectivity index (χ3n) is 4.95. The molecule has 2 aromatic carbocycles. The Balaban J connectivity index is 1.70. The second kappa shape index (κ2) is 8.85. The highest BCUT2D eigenvalue weighted by Crippen LogP contribution is 2.28. The van der Waals surface area contributed by atoms with E-state index < -0.39 is 0 Å². The molecule has 3 nitrogen and oxygen atoms in total. The van der Waals surface area contributed by atoms with Gasteiger partial charge in [0, 0.05) is 44.2 Å². The van der Waals surface area contributed by atoms with Gasteiger partial charge < -0.3 is 14.5 Å². The molecular weight excluding hydrogens is 351 g/mol. The molecule has 0 saturated carbocycles. The molecule has 5 heteroatoms. The van der Waals surface area contributed by atoms with Crippen LogP contribution in [0.15, 0.2) is 42.5 Å². The Morgan fingerprint density at radius 1 is 1.08 bits per heavy atom. The van der Waals surface area contributed by atoms with Crippen molar-refractivity contribution >= 4 is 11.6 Å². The van der Waals surface area contributed by atoms with Crippen LogP contribution in [0.4, 0.5) is 4.39 Å². The Labute approximate surface area is 160 Å². The zero-order valence-electron chi connectivity index (χ0n) is 15.4. The van der Waals surface area contributed by atoms with Crippen molar-refractivity contribution in [3.8, 4) is 5.75 Å². The van der Waals surface area contributed by atoms with Gasteiger partial charge in [-0.15, -0.1) is 0 Å². The fourth-order valence-electron chi connectivity index (χ4n) is 3.20. The second-order valence-electron chi connectivity index (χ2n) is 7.00. The lowest BCUT2D eigenvalue weighted by atomic mass is 10.1. The number of ether oxygens (including phenoxy) is 1. The van der Waals surface area contributed by atoms with E-state index in [0.29, 0.717) is 0 Å². The summed E-state index contributed by atoms with van der Waals surface area (Å²) < 4.78 is 19.6. The lowest BCUT2D eigenvalue weighted by Gasteiger charge is -2.33. The van der Waals surface area contributed by atoms with Crippen LogP contribution in [0, 0.1) is 12.7 Å². The molecule has 0 radical (unpaired) electrons. The molecular formula is C21H26ClFN2O. The Morgan fingerprint density at radius 2 is 1.77 bits per heavy atom. The summed E-state index contributed by atoms with van der Waals surface area (Å²) in [5.41, 5.74) is 1.98. The number of hydrogen-bond acceptors (Lipinski definition) is 3. The average molecular weight is 377 g/mol. The first-order valence-electron chi connectivity index (χ1n) is 9.10. The topological polar surface area (TPSA) is 15.7 Å². The zero-order valence-corrected chi connectivity index (χ0v) is 16.2. The van der Waals surface area contributed by atoms with Gasteiger partial charge in [0.2, 0.25) is 0 Å². The van der Waals surface area contributed by atoms with Crippen molar-refractivity contribution in [2.24, 2.45) is 0 Å². The first-order valence-corrected chi connectivity index (χ1v) is 9.48. The third kappa shape index (κ3) is 5.19. The molecule has 2 aromatic rings.